The molecule has 1 saturated heterocycles. The van der Waals surface area contributed by atoms with Crippen LogP contribution in [0.25, 0.3) is 0 Å². The SMILES string of the molecule is Cc1nc(Oc2ccccc2)cc(N2CCN(C(=O)c3cccc(Br)c3)CC2)n1. The lowest BCUT2D eigenvalue weighted by Gasteiger charge is -2.35. The van der Waals surface area contributed by atoms with Crippen LogP contribution in [0.3, 0.4) is 0 Å². The number of ether oxygens (including phenoxy) is 1. The topological polar surface area (TPSA) is 58.6 Å². The Morgan fingerprint density at radius 3 is 2.45 bits per heavy atom. The lowest BCUT2D eigenvalue weighted by atomic mass is 10.2. The van der Waals surface area contributed by atoms with E-state index < -0.39 is 0 Å². The van der Waals surface area contributed by atoms with Crippen molar-refractivity contribution in [3.05, 3.63) is 76.5 Å². The lowest BCUT2D eigenvalue weighted by molar-refractivity contribution is 0.0746. The number of aromatic nitrogens is 2. The molecule has 29 heavy (non-hydrogen) atoms. The summed E-state index contributed by atoms with van der Waals surface area (Å²) in [5.74, 6) is 2.78. The van der Waals surface area contributed by atoms with Gasteiger partial charge in [-0.25, -0.2) is 4.98 Å². The molecule has 0 aliphatic carbocycles. The smallest absolute Gasteiger partial charge is 0.254 e. The molecule has 1 aliphatic rings. The second kappa shape index (κ2) is 8.61. The van der Waals surface area contributed by atoms with E-state index in [-0.39, 0.29) is 5.91 Å². The van der Waals surface area contributed by atoms with Crippen molar-refractivity contribution in [3.8, 4) is 11.6 Å². The number of aryl methyl sites for hydroxylation is 1. The third-order valence-electron chi connectivity index (χ3n) is 4.73. The van der Waals surface area contributed by atoms with Gasteiger partial charge in [-0.1, -0.05) is 40.2 Å². The zero-order chi connectivity index (χ0) is 20.2. The summed E-state index contributed by atoms with van der Waals surface area (Å²) in [5, 5.41) is 0. The first kappa shape index (κ1) is 19.4. The van der Waals surface area contributed by atoms with Gasteiger partial charge in [0, 0.05) is 42.3 Å². The van der Waals surface area contributed by atoms with Crippen LogP contribution in [0.2, 0.25) is 0 Å². The fourth-order valence-electron chi connectivity index (χ4n) is 3.29. The van der Waals surface area contributed by atoms with E-state index in [0.29, 0.717) is 43.4 Å². The van der Waals surface area contributed by atoms with E-state index in [1.54, 1.807) is 0 Å². The van der Waals surface area contributed by atoms with Crippen molar-refractivity contribution < 1.29 is 9.53 Å². The molecule has 1 amide bonds. The molecule has 2 aromatic carbocycles. The molecule has 0 radical (unpaired) electrons. The quantitative estimate of drug-likeness (QED) is 0.590. The van der Waals surface area contributed by atoms with Crippen molar-refractivity contribution in [2.45, 2.75) is 6.92 Å². The second-order valence-corrected chi connectivity index (χ2v) is 7.73. The number of rotatable bonds is 4. The summed E-state index contributed by atoms with van der Waals surface area (Å²) in [5.41, 5.74) is 0.698. The highest BCUT2D eigenvalue weighted by molar-refractivity contribution is 9.10. The van der Waals surface area contributed by atoms with Crippen LogP contribution in [-0.4, -0.2) is 47.0 Å². The summed E-state index contributed by atoms with van der Waals surface area (Å²) < 4.78 is 6.78. The molecule has 1 fully saturated rings. The summed E-state index contributed by atoms with van der Waals surface area (Å²) in [4.78, 5) is 25.7. The third kappa shape index (κ3) is 4.74. The summed E-state index contributed by atoms with van der Waals surface area (Å²) in [6.07, 6.45) is 0. The largest absolute Gasteiger partial charge is 0.439 e. The molecule has 0 bridgehead atoms. The van der Waals surface area contributed by atoms with Gasteiger partial charge >= 0.3 is 0 Å². The molecule has 0 unspecified atom stereocenters. The molecule has 6 nitrogen and oxygen atoms in total. The van der Waals surface area contributed by atoms with E-state index >= 15 is 0 Å². The van der Waals surface area contributed by atoms with Crippen molar-refractivity contribution in [3.63, 3.8) is 0 Å². The van der Waals surface area contributed by atoms with Crippen LogP contribution in [-0.2, 0) is 0 Å². The van der Waals surface area contributed by atoms with E-state index in [1.807, 2.05) is 72.5 Å². The highest BCUT2D eigenvalue weighted by Crippen LogP contribution is 2.24. The average Bonchev–Trinajstić information content (AvgIpc) is 2.74. The molecule has 148 valence electrons. The van der Waals surface area contributed by atoms with Crippen molar-refractivity contribution in [2.24, 2.45) is 0 Å². The van der Waals surface area contributed by atoms with Crippen molar-refractivity contribution >= 4 is 27.7 Å². The predicted molar refractivity (Wildman–Crippen MR) is 116 cm³/mol. The van der Waals surface area contributed by atoms with Crippen LogP contribution in [0, 0.1) is 6.92 Å². The maximum absolute atomic E-state index is 12.7. The maximum atomic E-state index is 12.7. The Kier molecular flexibility index (Phi) is 5.76. The van der Waals surface area contributed by atoms with Gasteiger partial charge in [-0.05, 0) is 37.3 Å². The minimum atomic E-state index is 0.0536. The number of benzene rings is 2. The van der Waals surface area contributed by atoms with Gasteiger partial charge in [-0.2, -0.15) is 4.98 Å². The Hall–Kier alpha value is -2.93. The van der Waals surface area contributed by atoms with Crippen LogP contribution in [0.4, 0.5) is 5.82 Å². The summed E-state index contributed by atoms with van der Waals surface area (Å²) in [6, 6.07) is 18.9. The summed E-state index contributed by atoms with van der Waals surface area (Å²) in [6.45, 7) is 4.56. The first-order valence-electron chi connectivity index (χ1n) is 9.47. The summed E-state index contributed by atoms with van der Waals surface area (Å²) in [7, 11) is 0. The highest BCUT2D eigenvalue weighted by atomic mass is 79.9. The zero-order valence-electron chi connectivity index (χ0n) is 16.1. The third-order valence-corrected chi connectivity index (χ3v) is 5.22. The number of piperazine rings is 1. The number of nitrogens with zero attached hydrogens (tertiary/aromatic N) is 4. The van der Waals surface area contributed by atoms with Gasteiger partial charge in [0.25, 0.3) is 5.91 Å². The van der Waals surface area contributed by atoms with Gasteiger partial charge in [-0.3, -0.25) is 4.79 Å². The number of carbonyl (C=O) groups excluding carboxylic acids is 1. The molecule has 0 saturated carbocycles. The molecule has 2 heterocycles. The number of carbonyl (C=O) groups is 1. The van der Waals surface area contributed by atoms with E-state index in [2.05, 4.69) is 30.8 Å². The van der Waals surface area contributed by atoms with Crippen molar-refractivity contribution in [1.29, 1.82) is 0 Å². The molecule has 0 N–H and O–H groups in total. The Morgan fingerprint density at radius 2 is 1.72 bits per heavy atom. The number of para-hydroxylation sites is 1. The number of anilines is 1. The minimum absolute atomic E-state index is 0.0536. The van der Waals surface area contributed by atoms with Crippen LogP contribution < -0.4 is 9.64 Å². The van der Waals surface area contributed by atoms with Gasteiger partial charge in [-0.15, -0.1) is 0 Å². The summed E-state index contributed by atoms with van der Waals surface area (Å²) >= 11 is 3.43. The predicted octanol–water partition coefficient (Wildman–Crippen LogP) is 4.30. The van der Waals surface area contributed by atoms with E-state index in [9.17, 15) is 4.79 Å². The van der Waals surface area contributed by atoms with Crippen LogP contribution in [0.15, 0.2) is 65.1 Å². The van der Waals surface area contributed by atoms with E-state index in [0.717, 1.165) is 16.0 Å². The van der Waals surface area contributed by atoms with Crippen LogP contribution >= 0.6 is 15.9 Å². The normalized spacial score (nSPS) is 14.0. The molecule has 1 aromatic heterocycles. The van der Waals surface area contributed by atoms with Gasteiger partial charge in [0.05, 0.1) is 0 Å². The molecular formula is C22H21BrN4O2. The van der Waals surface area contributed by atoms with Crippen molar-refractivity contribution in [2.75, 3.05) is 31.1 Å². The number of hydrogen-bond donors (Lipinski definition) is 0. The minimum Gasteiger partial charge on any atom is -0.439 e. The van der Waals surface area contributed by atoms with Gasteiger partial charge < -0.3 is 14.5 Å². The fraction of sp³-hybridized carbons (Fsp3) is 0.227. The molecule has 3 aromatic rings. The van der Waals surface area contributed by atoms with Crippen LogP contribution in [0.5, 0.6) is 11.6 Å². The van der Waals surface area contributed by atoms with Crippen LogP contribution in [0.1, 0.15) is 16.2 Å². The van der Waals surface area contributed by atoms with Gasteiger partial charge in [0.15, 0.2) is 0 Å². The van der Waals surface area contributed by atoms with E-state index in [4.69, 9.17) is 4.74 Å². The molecule has 1 aliphatic heterocycles. The fourth-order valence-corrected chi connectivity index (χ4v) is 3.69. The van der Waals surface area contributed by atoms with Gasteiger partial charge in [0.2, 0.25) is 5.88 Å². The number of hydrogen-bond acceptors (Lipinski definition) is 5. The number of amides is 1. The standard InChI is InChI=1S/C22H21BrN4O2/c1-16-24-20(15-21(25-16)29-19-8-3-2-4-9-19)26-10-12-27(13-11-26)22(28)17-6-5-7-18(23)14-17/h2-9,14-15H,10-13H2,1H3. The first-order valence-corrected chi connectivity index (χ1v) is 10.3. The molecular weight excluding hydrogens is 432 g/mol. The monoisotopic (exact) mass is 452 g/mol. The Balaban J connectivity index is 1.43. The van der Waals surface area contributed by atoms with Crippen molar-refractivity contribution in [1.82, 2.24) is 14.9 Å². The van der Waals surface area contributed by atoms with Gasteiger partial charge in [0.1, 0.15) is 17.4 Å². The Bertz CT molecular complexity index is 1000. The lowest BCUT2D eigenvalue weighted by Crippen LogP contribution is -2.49. The molecule has 0 spiro atoms. The average molecular weight is 453 g/mol. The molecule has 0 atom stereocenters. The highest BCUT2D eigenvalue weighted by Gasteiger charge is 2.23. The first-order chi connectivity index (χ1) is 14.1. The maximum Gasteiger partial charge on any atom is 0.254 e. The molecule has 7 heteroatoms. The number of halogens is 1. The Morgan fingerprint density at radius 1 is 0.966 bits per heavy atom. The zero-order valence-corrected chi connectivity index (χ0v) is 17.7. The van der Waals surface area contributed by atoms with E-state index in [1.165, 1.54) is 0 Å². The Labute approximate surface area is 178 Å². The molecule has 4 rings (SSSR count). The second-order valence-electron chi connectivity index (χ2n) is 6.82.